The fourth-order valence-electron chi connectivity index (χ4n) is 3.93. The molecule has 5 heteroatoms. The fraction of sp³-hybridized carbons (Fsp3) is 0.350. The quantitative estimate of drug-likeness (QED) is 0.931. The number of aliphatic hydroxyl groups is 1. The number of fused-ring (bicyclic) bond motifs is 3. The predicted molar refractivity (Wildman–Crippen MR) is 92.2 cm³/mol. The number of nitrogens with zero attached hydrogens (tertiary/aromatic N) is 1. The molecular formula is C20H20FNO3. The molecule has 0 saturated carbocycles. The first-order chi connectivity index (χ1) is 12.2. The maximum atomic E-state index is 13.5. The van der Waals surface area contributed by atoms with Gasteiger partial charge in [-0.25, -0.2) is 9.18 Å². The molecule has 2 aromatic rings. The average Bonchev–Trinajstić information content (AvgIpc) is 3.18. The molecule has 1 fully saturated rings. The van der Waals surface area contributed by atoms with E-state index in [1.165, 1.54) is 4.90 Å². The molecule has 0 spiro atoms. The number of benzene rings is 2. The first-order valence-corrected chi connectivity index (χ1v) is 8.55. The smallest absolute Gasteiger partial charge is 0.410 e. The number of amides is 1. The van der Waals surface area contributed by atoms with Gasteiger partial charge in [0.2, 0.25) is 0 Å². The third kappa shape index (κ3) is 2.78. The number of carbonyl (C=O) groups excluding carboxylic acids is 1. The van der Waals surface area contributed by atoms with Gasteiger partial charge in [-0.3, -0.25) is 4.90 Å². The lowest BCUT2D eigenvalue weighted by Gasteiger charge is -2.23. The number of rotatable bonds is 3. The predicted octanol–water partition coefficient (Wildman–Crippen LogP) is 3.34. The van der Waals surface area contributed by atoms with Crippen LogP contribution >= 0.6 is 0 Å². The number of halogens is 1. The van der Waals surface area contributed by atoms with Crippen LogP contribution in [0.5, 0.6) is 0 Å². The minimum atomic E-state index is -1.10. The van der Waals surface area contributed by atoms with E-state index in [1.54, 1.807) is 0 Å². The van der Waals surface area contributed by atoms with Crippen molar-refractivity contribution in [3.63, 3.8) is 0 Å². The van der Waals surface area contributed by atoms with Crippen LogP contribution < -0.4 is 0 Å². The van der Waals surface area contributed by atoms with E-state index < -0.39 is 18.3 Å². The topological polar surface area (TPSA) is 49.8 Å². The summed E-state index contributed by atoms with van der Waals surface area (Å²) >= 11 is 0. The third-order valence-electron chi connectivity index (χ3n) is 5.14. The van der Waals surface area contributed by atoms with Gasteiger partial charge in [0, 0.05) is 12.3 Å². The van der Waals surface area contributed by atoms with Gasteiger partial charge in [0.15, 0.2) is 0 Å². The number of likely N-dealkylation sites (tertiary alicyclic amines) is 1. The number of ether oxygens (including phenoxy) is 1. The lowest BCUT2D eigenvalue weighted by Crippen LogP contribution is -2.38. The minimum absolute atomic E-state index is 0.0120. The van der Waals surface area contributed by atoms with Gasteiger partial charge >= 0.3 is 6.09 Å². The summed E-state index contributed by atoms with van der Waals surface area (Å²) in [6.45, 7) is -0.0506. The monoisotopic (exact) mass is 341 g/mol. The van der Waals surface area contributed by atoms with Crippen LogP contribution in [-0.2, 0) is 4.74 Å². The summed E-state index contributed by atoms with van der Waals surface area (Å²) in [5.41, 5.74) is 4.61. The number of alkyl halides is 1. The molecule has 0 radical (unpaired) electrons. The molecule has 25 heavy (non-hydrogen) atoms. The van der Waals surface area contributed by atoms with Crippen molar-refractivity contribution in [2.75, 3.05) is 19.8 Å². The van der Waals surface area contributed by atoms with Crippen molar-refractivity contribution in [1.29, 1.82) is 0 Å². The highest BCUT2D eigenvalue weighted by Gasteiger charge is 2.37. The van der Waals surface area contributed by atoms with Crippen LogP contribution in [-0.4, -0.2) is 48.1 Å². The van der Waals surface area contributed by atoms with Crippen LogP contribution in [0, 0.1) is 0 Å². The highest BCUT2D eigenvalue weighted by Crippen LogP contribution is 2.44. The van der Waals surface area contributed by atoms with Crippen LogP contribution in [0.1, 0.15) is 23.5 Å². The molecule has 2 aliphatic rings. The molecule has 0 unspecified atom stereocenters. The van der Waals surface area contributed by atoms with E-state index in [4.69, 9.17) is 4.74 Å². The number of hydrogen-bond acceptors (Lipinski definition) is 3. The average molecular weight is 341 g/mol. The maximum Gasteiger partial charge on any atom is 0.410 e. The molecule has 2 atom stereocenters. The molecule has 2 aromatic carbocycles. The second kappa shape index (κ2) is 6.48. The van der Waals surface area contributed by atoms with Crippen molar-refractivity contribution < 1.29 is 19.0 Å². The molecule has 0 bridgehead atoms. The minimum Gasteiger partial charge on any atom is -0.448 e. The van der Waals surface area contributed by atoms with E-state index in [0.717, 1.165) is 22.3 Å². The van der Waals surface area contributed by atoms with Crippen molar-refractivity contribution >= 4 is 6.09 Å². The Morgan fingerprint density at radius 1 is 1.12 bits per heavy atom. The molecule has 1 saturated heterocycles. The highest BCUT2D eigenvalue weighted by atomic mass is 19.1. The largest absolute Gasteiger partial charge is 0.448 e. The van der Waals surface area contributed by atoms with Gasteiger partial charge < -0.3 is 9.84 Å². The van der Waals surface area contributed by atoms with Crippen LogP contribution in [0.15, 0.2) is 48.5 Å². The van der Waals surface area contributed by atoms with Gasteiger partial charge in [-0.2, -0.15) is 0 Å². The van der Waals surface area contributed by atoms with Crippen molar-refractivity contribution in [2.24, 2.45) is 0 Å². The van der Waals surface area contributed by atoms with E-state index in [-0.39, 0.29) is 32.1 Å². The van der Waals surface area contributed by atoms with Gasteiger partial charge in [0.25, 0.3) is 0 Å². The van der Waals surface area contributed by atoms with E-state index in [9.17, 15) is 14.3 Å². The molecule has 130 valence electrons. The van der Waals surface area contributed by atoms with E-state index in [1.807, 2.05) is 24.3 Å². The summed E-state index contributed by atoms with van der Waals surface area (Å²) in [7, 11) is 0. The Hall–Kier alpha value is -2.40. The van der Waals surface area contributed by atoms with Crippen molar-refractivity contribution in [3.05, 3.63) is 59.7 Å². The SMILES string of the molecule is O=C(OCC1c2ccccc2-c2ccccc21)N1C[C@@H](F)C[C@H]1CO. The van der Waals surface area contributed by atoms with Gasteiger partial charge in [-0.05, 0) is 22.3 Å². The molecule has 1 heterocycles. The van der Waals surface area contributed by atoms with Gasteiger partial charge in [0.05, 0.1) is 19.2 Å². The van der Waals surface area contributed by atoms with E-state index in [0.29, 0.717) is 0 Å². The first kappa shape index (κ1) is 16.1. The molecule has 1 amide bonds. The molecule has 1 aliphatic heterocycles. The summed E-state index contributed by atoms with van der Waals surface area (Å²) < 4.78 is 19.1. The lowest BCUT2D eigenvalue weighted by molar-refractivity contribution is 0.0818. The Balaban J connectivity index is 1.53. The maximum absolute atomic E-state index is 13.5. The zero-order valence-corrected chi connectivity index (χ0v) is 13.8. The Labute approximate surface area is 145 Å². The van der Waals surface area contributed by atoms with Crippen LogP contribution in [0.2, 0.25) is 0 Å². The lowest BCUT2D eigenvalue weighted by atomic mass is 9.98. The van der Waals surface area contributed by atoms with Crippen LogP contribution in [0.4, 0.5) is 9.18 Å². The Morgan fingerprint density at radius 2 is 1.72 bits per heavy atom. The Kier molecular flexibility index (Phi) is 4.17. The number of carbonyl (C=O) groups is 1. The Morgan fingerprint density at radius 3 is 2.32 bits per heavy atom. The van der Waals surface area contributed by atoms with Crippen molar-refractivity contribution in [1.82, 2.24) is 4.90 Å². The standard InChI is InChI=1S/C20H20FNO3/c21-13-9-14(11-23)22(10-13)20(24)25-12-19-17-7-3-1-5-15(17)16-6-2-4-8-18(16)19/h1-8,13-14,19,23H,9-12H2/t13-,14-/m0/s1. The number of hydrogen-bond donors (Lipinski definition) is 1. The molecule has 1 N–H and O–H groups in total. The third-order valence-corrected chi connectivity index (χ3v) is 5.14. The molecule has 4 nitrogen and oxygen atoms in total. The van der Waals surface area contributed by atoms with E-state index >= 15 is 0 Å². The van der Waals surface area contributed by atoms with Crippen LogP contribution in [0.3, 0.4) is 0 Å². The number of aliphatic hydroxyl groups excluding tert-OH is 1. The highest BCUT2D eigenvalue weighted by molar-refractivity contribution is 5.79. The van der Waals surface area contributed by atoms with Crippen molar-refractivity contribution in [2.45, 2.75) is 24.6 Å². The molecular weight excluding hydrogens is 321 g/mol. The zero-order chi connectivity index (χ0) is 17.4. The normalized spacial score (nSPS) is 21.9. The van der Waals surface area contributed by atoms with Crippen LogP contribution in [0.25, 0.3) is 11.1 Å². The first-order valence-electron chi connectivity index (χ1n) is 8.55. The van der Waals surface area contributed by atoms with E-state index in [2.05, 4.69) is 24.3 Å². The second-order valence-electron chi connectivity index (χ2n) is 6.63. The zero-order valence-electron chi connectivity index (χ0n) is 13.8. The fourth-order valence-corrected chi connectivity index (χ4v) is 3.93. The van der Waals surface area contributed by atoms with Gasteiger partial charge in [-0.1, -0.05) is 48.5 Å². The summed E-state index contributed by atoms with van der Waals surface area (Å²) in [4.78, 5) is 13.7. The summed E-state index contributed by atoms with van der Waals surface area (Å²) in [6, 6.07) is 15.7. The molecule has 1 aliphatic carbocycles. The molecule has 0 aromatic heterocycles. The molecule has 4 rings (SSSR count). The summed E-state index contributed by atoms with van der Waals surface area (Å²) in [6.07, 6.45) is -1.49. The van der Waals surface area contributed by atoms with Gasteiger partial charge in [0.1, 0.15) is 12.8 Å². The van der Waals surface area contributed by atoms with Gasteiger partial charge in [-0.15, -0.1) is 0 Å². The summed E-state index contributed by atoms with van der Waals surface area (Å²) in [5.74, 6) is -0.0206. The second-order valence-corrected chi connectivity index (χ2v) is 6.63. The van der Waals surface area contributed by atoms with Crippen molar-refractivity contribution in [3.8, 4) is 11.1 Å². The summed E-state index contributed by atoms with van der Waals surface area (Å²) in [5, 5.41) is 9.33. The Bertz CT molecular complexity index is 749.